The smallest absolute Gasteiger partial charge is 0.303 e. The van der Waals surface area contributed by atoms with E-state index in [1.807, 2.05) is 0 Å². The van der Waals surface area contributed by atoms with Crippen molar-refractivity contribution < 1.29 is 24.5 Å². The number of ether oxygens (including phenoxy) is 2. The average Bonchev–Trinajstić information content (AvgIpc) is 2.58. The number of fused-ring (bicyclic) bond motifs is 1. The summed E-state index contributed by atoms with van der Waals surface area (Å²) in [4.78, 5) is 10.5. The summed E-state index contributed by atoms with van der Waals surface area (Å²) in [5, 5.41) is 18.8. The van der Waals surface area contributed by atoms with Gasteiger partial charge in [0.15, 0.2) is 11.5 Å². The van der Waals surface area contributed by atoms with Gasteiger partial charge in [-0.05, 0) is 12.8 Å². The molecular formula is C13H15ClO5. The zero-order valence-corrected chi connectivity index (χ0v) is 11.1. The van der Waals surface area contributed by atoms with Crippen LogP contribution in [0, 0.1) is 0 Å². The van der Waals surface area contributed by atoms with E-state index >= 15 is 0 Å². The Hall–Kier alpha value is -1.62. The highest BCUT2D eigenvalue weighted by Gasteiger charge is 2.21. The number of carboxylic acids is 1. The zero-order valence-electron chi connectivity index (χ0n) is 10.3. The van der Waals surface area contributed by atoms with Crippen LogP contribution in [0.15, 0.2) is 6.07 Å². The Morgan fingerprint density at radius 2 is 2.11 bits per heavy atom. The van der Waals surface area contributed by atoms with E-state index in [9.17, 15) is 9.90 Å². The second-order valence-electron chi connectivity index (χ2n) is 4.31. The first kappa shape index (κ1) is 13.8. The van der Waals surface area contributed by atoms with Gasteiger partial charge in [-0.2, -0.15) is 0 Å². The fourth-order valence-corrected chi connectivity index (χ4v) is 2.19. The first-order valence-electron chi connectivity index (χ1n) is 6.11. The summed E-state index contributed by atoms with van der Waals surface area (Å²) in [6.07, 6.45) is 1.56. The first-order valence-corrected chi connectivity index (χ1v) is 6.49. The van der Waals surface area contributed by atoms with Crippen molar-refractivity contribution >= 4 is 17.6 Å². The number of hydrogen-bond acceptors (Lipinski definition) is 4. The molecule has 0 radical (unpaired) electrons. The molecule has 19 heavy (non-hydrogen) atoms. The Morgan fingerprint density at radius 3 is 2.84 bits per heavy atom. The first-order chi connectivity index (χ1) is 9.09. The third-order valence-electron chi connectivity index (χ3n) is 2.88. The standard InChI is InChI=1S/C13H15ClO5/c14-9-7-10-13(19-6-2-5-18-10)8(12(9)17)3-1-4-11(15)16/h7,17H,1-6H2,(H,15,16). The molecule has 0 unspecified atom stereocenters. The van der Waals surface area contributed by atoms with Crippen molar-refractivity contribution in [3.05, 3.63) is 16.7 Å². The fourth-order valence-electron chi connectivity index (χ4n) is 1.98. The molecule has 1 aromatic carbocycles. The van der Waals surface area contributed by atoms with Gasteiger partial charge in [0.2, 0.25) is 0 Å². The van der Waals surface area contributed by atoms with Crippen molar-refractivity contribution in [1.82, 2.24) is 0 Å². The van der Waals surface area contributed by atoms with Gasteiger partial charge in [-0.3, -0.25) is 4.79 Å². The molecule has 5 nitrogen and oxygen atoms in total. The van der Waals surface area contributed by atoms with Crippen LogP contribution >= 0.6 is 11.6 Å². The van der Waals surface area contributed by atoms with Crippen molar-refractivity contribution in [2.24, 2.45) is 0 Å². The van der Waals surface area contributed by atoms with Crippen LogP contribution in [0.1, 0.15) is 24.8 Å². The summed E-state index contributed by atoms with van der Waals surface area (Å²) >= 11 is 5.94. The third kappa shape index (κ3) is 3.23. The number of rotatable bonds is 4. The predicted molar refractivity (Wildman–Crippen MR) is 69.3 cm³/mol. The maximum atomic E-state index is 10.5. The van der Waals surface area contributed by atoms with Gasteiger partial charge in [-0.25, -0.2) is 0 Å². The molecule has 0 saturated carbocycles. The fraction of sp³-hybridized carbons (Fsp3) is 0.462. The van der Waals surface area contributed by atoms with Gasteiger partial charge in [-0.15, -0.1) is 0 Å². The van der Waals surface area contributed by atoms with E-state index in [-0.39, 0.29) is 17.2 Å². The molecule has 104 valence electrons. The molecule has 2 N–H and O–H groups in total. The van der Waals surface area contributed by atoms with Crippen molar-refractivity contribution in [3.8, 4) is 17.2 Å². The number of halogens is 1. The summed E-state index contributed by atoms with van der Waals surface area (Å²) in [5.41, 5.74) is 0.519. The topological polar surface area (TPSA) is 76.0 Å². The second-order valence-corrected chi connectivity index (χ2v) is 4.72. The third-order valence-corrected chi connectivity index (χ3v) is 3.17. The summed E-state index contributed by atoms with van der Waals surface area (Å²) < 4.78 is 11.1. The Balaban J connectivity index is 2.28. The molecule has 0 spiro atoms. The Kier molecular flexibility index (Phi) is 4.37. The van der Waals surface area contributed by atoms with Gasteiger partial charge < -0.3 is 19.7 Å². The number of carboxylic acid groups (broad SMARTS) is 1. The van der Waals surface area contributed by atoms with Crippen LogP contribution < -0.4 is 9.47 Å². The minimum atomic E-state index is -0.871. The van der Waals surface area contributed by atoms with Crippen molar-refractivity contribution in [3.63, 3.8) is 0 Å². The monoisotopic (exact) mass is 286 g/mol. The summed E-state index contributed by atoms with van der Waals surface area (Å²) in [6.45, 7) is 1.03. The lowest BCUT2D eigenvalue weighted by Crippen LogP contribution is -2.01. The SMILES string of the molecule is O=C(O)CCCc1c(O)c(Cl)cc2c1OCCCO2. The number of aromatic hydroxyl groups is 1. The minimum Gasteiger partial charge on any atom is -0.506 e. The molecule has 0 fully saturated rings. The number of benzene rings is 1. The Labute approximate surface area is 115 Å². The van der Waals surface area contributed by atoms with Gasteiger partial charge in [0, 0.05) is 24.5 Å². The van der Waals surface area contributed by atoms with Gasteiger partial charge in [0.05, 0.1) is 18.2 Å². The van der Waals surface area contributed by atoms with Crippen LogP contribution in [0.4, 0.5) is 0 Å². The molecule has 0 aromatic heterocycles. The molecular weight excluding hydrogens is 272 g/mol. The molecule has 1 aliphatic heterocycles. The Morgan fingerprint density at radius 1 is 1.37 bits per heavy atom. The molecule has 0 atom stereocenters. The Bertz CT molecular complexity index is 486. The van der Waals surface area contributed by atoms with E-state index in [0.717, 1.165) is 6.42 Å². The maximum absolute atomic E-state index is 10.5. The number of phenolic OH excluding ortho intramolecular Hbond substituents is 1. The quantitative estimate of drug-likeness (QED) is 0.890. The lowest BCUT2D eigenvalue weighted by Gasteiger charge is -2.15. The molecule has 1 aliphatic rings. The van der Waals surface area contributed by atoms with Crippen LogP contribution in [0.5, 0.6) is 17.2 Å². The lowest BCUT2D eigenvalue weighted by molar-refractivity contribution is -0.137. The van der Waals surface area contributed by atoms with E-state index in [1.165, 1.54) is 6.07 Å². The highest BCUT2D eigenvalue weighted by molar-refractivity contribution is 6.32. The average molecular weight is 287 g/mol. The van der Waals surface area contributed by atoms with Gasteiger partial charge in [0.1, 0.15) is 5.75 Å². The summed E-state index contributed by atoms with van der Waals surface area (Å²) in [6, 6.07) is 1.53. The number of carbonyl (C=O) groups is 1. The summed E-state index contributed by atoms with van der Waals surface area (Å²) in [7, 11) is 0. The van der Waals surface area contributed by atoms with Crippen LogP contribution in [-0.4, -0.2) is 29.4 Å². The predicted octanol–water partition coefficient (Wildman–Crippen LogP) is 2.61. The highest BCUT2D eigenvalue weighted by atomic mass is 35.5. The van der Waals surface area contributed by atoms with Crippen LogP contribution in [-0.2, 0) is 11.2 Å². The van der Waals surface area contributed by atoms with Gasteiger partial charge in [0.25, 0.3) is 0 Å². The molecule has 1 aromatic rings. The molecule has 0 saturated heterocycles. The molecule has 1 heterocycles. The number of hydrogen-bond donors (Lipinski definition) is 2. The molecule has 6 heteroatoms. The zero-order chi connectivity index (χ0) is 13.8. The van der Waals surface area contributed by atoms with E-state index in [0.29, 0.717) is 43.1 Å². The van der Waals surface area contributed by atoms with Crippen LogP contribution in [0.25, 0.3) is 0 Å². The molecule has 0 bridgehead atoms. The number of phenols is 1. The van der Waals surface area contributed by atoms with Crippen LogP contribution in [0.2, 0.25) is 5.02 Å². The lowest BCUT2D eigenvalue weighted by atomic mass is 10.0. The van der Waals surface area contributed by atoms with E-state index < -0.39 is 5.97 Å². The van der Waals surface area contributed by atoms with Gasteiger partial charge >= 0.3 is 5.97 Å². The molecule has 0 aliphatic carbocycles. The normalized spacial score (nSPS) is 13.9. The molecule has 2 rings (SSSR count). The van der Waals surface area contributed by atoms with Gasteiger partial charge in [-0.1, -0.05) is 11.6 Å². The molecule has 0 amide bonds. The van der Waals surface area contributed by atoms with E-state index in [4.69, 9.17) is 26.2 Å². The van der Waals surface area contributed by atoms with Crippen molar-refractivity contribution in [2.75, 3.05) is 13.2 Å². The van der Waals surface area contributed by atoms with E-state index in [1.54, 1.807) is 0 Å². The number of aliphatic carboxylic acids is 1. The minimum absolute atomic E-state index is 0.0293. The van der Waals surface area contributed by atoms with Crippen LogP contribution in [0.3, 0.4) is 0 Å². The second kappa shape index (κ2) is 6.02. The van der Waals surface area contributed by atoms with E-state index in [2.05, 4.69) is 0 Å². The van der Waals surface area contributed by atoms with Crippen molar-refractivity contribution in [1.29, 1.82) is 0 Å². The summed E-state index contributed by atoms with van der Waals surface area (Å²) in [5.74, 6) is 0.0523. The highest BCUT2D eigenvalue weighted by Crippen LogP contribution is 2.43. The largest absolute Gasteiger partial charge is 0.506 e. The maximum Gasteiger partial charge on any atom is 0.303 e. The van der Waals surface area contributed by atoms with Crippen molar-refractivity contribution in [2.45, 2.75) is 25.7 Å².